The van der Waals surface area contributed by atoms with Gasteiger partial charge in [0.1, 0.15) is 18.2 Å². The van der Waals surface area contributed by atoms with E-state index in [1.165, 1.54) is 5.56 Å². The third kappa shape index (κ3) is 3.30. The fourth-order valence-corrected chi connectivity index (χ4v) is 3.09. The maximum absolute atomic E-state index is 5.98. The number of hydrogen-bond donors (Lipinski definition) is 1. The van der Waals surface area contributed by atoms with Crippen LogP contribution in [-0.4, -0.2) is 20.8 Å². The zero-order valence-corrected chi connectivity index (χ0v) is 13.3. The molecule has 0 unspecified atom stereocenters. The summed E-state index contributed by atoms with van der Waals surface area (Å²) in [6, 6.07) is 8.40. The second kappa shape index (κ2) is 6.48. The van der Waals surface area contributed by atoms with Crippen LogP contribution < -0.4 is 10.5 Å². The SMILES string of the molecule is Cc1cccc(OCc2nnc([C@H]3CC[C@H](N)CC3)n2C)c1. The highest BCUT2D eigenvalue weighted by molar-refractivity contribution is 5.27. The van der Waals surface area contributed by atoms with Crippen LogP contribution in [0.5, 0.6) is 5.75 Å². The number of aryl methyl sites for hydroxylation is 1. The van der Waals surface area contributed by atoms with Crippen LogP contribution in [0.2, 0.25) is 0 Å². The number of aromatic nitrogens is 3. The van der Waals surface area contributed by atoms with Crippen LogP contribution in [0.4, 0.5) is 0 Å². The van der Waals surface area contributed by atoms with Crippen molar-refractivity contribution in [2.75, 3.05) is 0 Å². The summed E-state index contributed by atoms with van der Waals surface area (Å²) >= 11 is 0. The molecule has 1 aliphatic rings. The third-order valence-corrected chi connectivity index (χ3v) is 4.49. The van der Waals surface area contributed by atoms with Crippen molar-refractivity contribution in [3.05, 3.63) is 41.5 Å². The maximum atomic E-state index is 5.98. The van der Waals surface area contributed by atoms with Gasteiger partial charge in [-0.15, -0.1) is 10.2 Å². The summed E-state index contributed by atoms with van der Waals surface area (Å²) in [6.45, 7) is 2.50. The van der Waals surface area contributed by atoms with E-state index in [1.54, 1.807) is 0 Å². The van der Waals surface area contributed by atoms with Crippen LogP contribution in [0.1, 0.15) is 48.8 Å². The van der Waals surface area contributed by atoms with Gasteiger partial charge in [0.25, 0.3) is 0 Å². The quantitative estimate of drug-likeness (QED) is 0.942. The van der Waals surface area contributed by atoms with E-state index in [9.17, 15) is 0 Å². The first-order chi connectivity index (χ1) is 10.6. The molecule has 0 radical (unpaired) electrons. The average molecular weight is 300 g/mol. The maximum Gasteiger partial charge on any atom is 0.170 e. The normalized spacial score (nSPS) is 21.8. The lowest BCUT2D eigenvalue weighted by Gasteiger charge is -2.25. The highest BCUT2D eigenvalue weighted by atomic mass is 16.5. The Morgan fingerprint density at radius 2 is 2.00 bits per heavy atom. The fraction of sp³-hybridized carbons (Fsp3) is 0.529. The molecule has 118 valence electrons. The van der Waals surface area contributed by atoms with Gasteiger partial charge >= 0.3 is 0 Å². The molecule has 0 aliphatic heterocycles. The highest BCUT2D eigenvalue weighted by Gasteiger charge is 2.24. The van der Waals surface area contributed by atoms with E-state index in [0.717, 1.165) is 43.1 Å². The van der Waals surface area contributed by atoms with Crippen molar-refractivity contribution < 1.29 is 4.74 Å². The summed E-state index contributed by atoms with van der Waals surface area (Å²) < 4.78 is 7.91. The topological polar surface area (TPSA) is 66.0 Å². The molecule has 0 bridgehead atoms. The molecule has 5 heteroatoms. The molecule has 5 nitrogen and oxygen atoms in total. The third-order valence-electron chi connectivity index (χ3n) is 4.49. The number of rotatable bonds is 4. The minimum absolute atomic E-state index is 0.355. The molecule has 3 rings (SSSR count). The van der Waals surface area contributed by atoms with E-state index in [4.69, 9.17) is 10.5 Å². The molecule has 1 aromatic heterocycles. The van der Waals surface area contributed by atoms with Crippen molar-refractivity contribution in [1.29, 1.82) is 0 Å². The van der Waals surface area contributed by atoms with Gasteiger partial charge < -0.3 is 15.0 Å². The summed E-state index contributed by atoms with van der Waals surface area (Å²) in [5, 5.41) is 8.69. The predicted octanol–water partition coefficient (Wildman–Crippen LogP) is 2.69. The Morgan fingerprint density at radius 1 is 1.23 bits per heavy atom. The smallest absolute Gasteiger partial charge is 0.170 e. The van der Waals surface area contributed by atoms with E-state index < -0.39 is 0 Å². The Balaban J connectivity index is 1.66. The van der Waals surface area contributed by atoms with E-state index in [1.807, 2.05) is 25.2 Å². The molecular formula is C17H24N4O. The van der Waals surface area contributed by atoms with Crippen molar-refractivity contribution in [2.24, 2.45) is 12.8 Å². The van der Waals surface area contributed by atoms with Crippen LogP contribution >= 0.6 is 0 Å². The molecule has 0 atom stereocenters. The van der Waals surface area contributed by atoms with Crippen LogP contribution in [0.15, 0.2) is 24.3 Å². The first kappa shape index (κ1) is 15.0. The number of hydrogen-bond acceptors (Lipinski definition) is 4. The Kier molecular flexibility index (Phi) is 4.43. The number of nitrogens with zero attached hydrogens (tertiary/aromatic N) is 3. The molecule has 0 spiro atoms. The van der Waals surface area contributed by atoms with Crippen LogP contribution in [-0.2, 0) is 13.7 Å². The largest absolute Gasteiger partial charge is 0.486 e. The monoisotopic (exact) mass is 300 g/mol. The molecule has 1 aliphatic carbocycles. The molecule has 2 N–H and O–H groups in total. The van der Waals surface area contributed by atoms with Crippen LogP contribution in [0, 0.1) is 6.92 Å². The lowest BCUT2D eigenvalue weighted by atomic mass is 9.86. The van der Waals surface area contributed by atoms with Crippen molar-refractivity contribution in [1.82, 2.24) is 14.8 Å². The van der Waals surface area contributed by atoms with E-state index >= 15 is 0 Å². The first-order valence-corrected chi connectivity index (χ1v) is 7.96. The Hall–Kier alpha value is -1.88. The molecule has 0 amide bonds. The van der Waals surface area contributed by atoms with E-state index in [-0.39, 0.29) is 0 Å². The van der Waals surface area contributed by atoms with E-state index in [0.29, 0.717) is 18.6 Å². The summed E-state index contributed by atoms with van der Waals surface area (Å²) in [5.74, 6) is 3.28. The zero-order valence-electron chi connectivity index (χ0n) is 13.3. The molecule has 2 aromatic rings. The second-order valence-corrected chi connectivity index (χ2v) is 6.25. The lowest BCUT2D eigenvalue weighted by molar-refractivity contribution is 0.289. The first-order valence-electron chi connectivity index (χ1n) is 7.96. The minimum Gasteiger partial charge on any atom is -0.486 e. The van der Waals surface area contributed by atoms with Crippen LogP contribution in [0.25, 0.3) is 0 Å². The standard InChI is InChI=1S/C17H24N4O/c1-12-4-3-5-15(10-12)22-11-16-19-20-17(21(16)2)13-6-8-14(18)9-7-13/h3-5,10,13-14H,6-9,11,18H2,1-2H3/t13-,14-. The average Bonchev–Trinajstić information content (AvgIpc) is 2.87. The van der Waals surface area contributed by atoms with E-state index in [2.05, 4.69) is 27.8 Å². The van der Waals surface area contributed by atoms with Gasteiger partial charge in [-0.25, -0.2) is 0 Å². The molecule has 1 saturated carbocycles. The highest BCUT2D eigenvalue weighted by Crippen LogP contribution is 2.31. The minimum atomic E-state index is 0.355. The summed E-state index contributed by atoms with van der Waals surface area (Å²) in [5.41, 5.74) is 7.17. The van der Waals surface area contributed by atoms with Gasteiger partial charge in [0.2, 0.25) is 0 Å². The number of ether oxygens (including phenoxy) is 1. The van der Waals surface area contributed by atoms with Gasteiger partial charge in [0.15, 0.2) is 5.82 Å². The molecule has 22 heavy (non-hydrogen) atoms. The molecule has 0 saturated heterocycles. The Bertz CT molecular complexity index is 629. The Morgan fingerprint density at radius 3 is 2.73 bits per heavy atom. The van der Waals surface area contributed by atoms with Gasteiger partial charge in [-0.05, 0) is 50.3 Å². The molecule has 1 fully saturated rings. The van der Waals surface area contributed by atoms with Crippen molar-refractivity contribution in [3.63, 3.8) is 0 Å². The summed E-state index contributed by atoms with van der Waals surface area (Å²) in [7, 11) is 2.03. The number of benzene rings is 1. The van der Waals surface area contributed by atoms with Crippen LogP contribution in [0.3, 0.4) is 0 Å². The molecule has 1 aromatic carbocycles. The van der Waals surface area contributed by atoms with Crippen molar-refractivity contribution in [3.8, 4) is 5.75 Å². The lowest BCUT2D eigenvalue weighted by Crippen LogP contribution is -2.26. The summed E-state index contributed by atoms with van der Waals surface area (Å²) in [6.07, 6.45) is 4.36. The molecule has 1 heterocycles. The van der Waals surface area contributed by atoms with Crippen molar-refractivity contribution in [2.45, 2.75) is 51.2 Å². The second-order valence-electron chi connectivity index (χ2n) is 6.25. The Labute approximate surface area is 131 Å². The predicted molar refractivity (Wildman–Crippen MR) is 85.7 cm³/mol. The van der Waals surface area contributed by atoms with Gasteiger partial charge in [0.05, 0.1) is 0 Å². The van der Waals surface area contributed by atoms with Gasteiger partial charge in [-0.1, -0.05) is 12.1 Å². The molecular weight excluding hydrogens is 276 g/mol. The van der Waals surface area contributed by atoms with Gasteiger partial charge in [0, 0.05) is 19.0 Å². The zero-order chi connectivity index (χ0) is 15.5. The number of nitrogens with two attached hydrogens (primary N) is 1. The van der Waals surface area contributed by atoms with Gasteiger partial charge in [-0.2, -0.15) is 0 Å². The van der Waals surface area contributed by atoms with Gasteiger partial charge in [-0.3, -0.25) is 0 Å². The fourth-order valence-electron chi connectivity index (χ4n) is 3.09. The van der Waals surface area contributed by atoms with Crippen molar-refractivity contribution >= 4 is 0 Å². The summed E-state index contributed by atoms with van der Waals surface area (Å²) in [4.78, 5) is 0.